The Bertz CT molecular complexity index is 898. The number of rotatable bonds is 4. The summed E-state index contributed by atoms with van der Waals surface area (Å²) in [7, 11) is 3.04. The van der Waals surface area contributed by atoms with Crippen molar-refractivity contribution in [3.8, 4) is 0 Å². The normalized spacial score (nSPS) is 20.8. The van der Waals surface area contributed by atoms with Crippen molar-refractivity contribution in [3.05, 3.63) is 34.9 Å². The number of hydrogen-bond acceptors (Lipinski definition) is 5. The fourth-order valence-corrected chi connectivity index (χ4v) is 4.01. The summed E-state index contributed by atoms with van der Waals surface area (Å²) in [5.74, 6) is 0.0246. The molecule has 27 heavy (non-hydrogen) atoms. The molecule has 0 spiro atoms. The molecule has 1 saturated heterocycles. The van der Waals surface area contributed by atoms with Gasteiger partial charge in [-0.1, -0.05) is 29.8 Å². The van der Waals surface area contributed by atoms with Gasteiger partial charge in [0.2, 0.25) is 0 Å². The molecule has 0 aromatic heterocycles. The Labute approximate surface area is 166 Å². The molecule has 0 bridgehead atoms. The van der Waals surface area contributed by atoms with E-state index >= 15 is 0 Å². The largest absolute Gasteiger partial charge is 0.358 e. The maximum atomic E-state index is 12.8. The molecular formula is C18H20ClN4O3S+. The van der Waals surface area contributed by atoms with E-state index in [1.807, 2.05) is 22.8 Å². The van der Waals surface area contributed by atoms with Crippen LogP contribution < -0.4 is 0 Å². The van der Waals surface area contributed by atoms with Crippen LogP contribution in [0.5, 0.6) is 0 Å². The topological polar surface area (TPSA) is 73.1 Å². The van der Waals surface area contributed by atoms with Crippen molar-refractivity contribution in [1.82, 2.24) is 9.80 Å². The summed E-state index contributed by atoms with van der Waals surface area (Å²) in [5, 5.41) is 0.781. The van der Waals surface area contributed by atoms with Crippen LogP contribution >= 0.6 is 23.4 Å². The molecule has 0 N–H and O–H groups in total. The molecule has 3 amide bonds. The number of fused-ring (bicyclic) bond motifs is 1. The lowest BCUT2D eigenvalue weighted by Crippen LogP contribution is -2.61. The zero-order valence-electron chi connectivity index (χ0n) is 15.5. The molecule has 2 unspecified atom stereocenters. The summed E-state index contributed by atoms with van der Waals surface area (Å²) < 4.78 is 1.81. The van der Waals surface area contributed by atoms with E-state index in [1.54, 1.807) is 20.0 Å². The number of likely N-dealkylation sites (N-methyl/N-ethyl adjacent to an activating group) is 2. The number of ketones is 1. The summed E-state index contributed by atoms with van der Waals surface area (Å²) in [6.07, 6.45) is 0. The van der Waals surface area contributed by atoms with Crippen molar-refractivity contribution in [2.24, 2.45) is 4.99 Å². The quantitative estimate of drug-likeness (QED) is 0.717. The number of imide groups is 1. The van der Waals surface area contributed by atoms with Crippen molar-refractivity contribution in [3.63, 3.8) is 0 Å². The first-order valence-electron chi connectivity index (χ1n) is 8.40. The summed E-state index contributed by atoms with van der Waals surface area (Å²) in [6.45, 7) is 3.64. The highest BCUT2D eigenvalue weighted by atomic mass is 35.5. The minimum Gasteiger partial charge on any atom is -0.299 e. The van der Waals surface area contributed by atoms with Gasteiger partial charge in [0, 0.05) is 24.7 Å². The van der Waals surface area contributed by atoms with Crippen molar-refractivity contribution >= 4 is 52.1 Å². The third-order valence-corrected chi connectivity index (χ3v) is 6.24. The van der Waals surface area contributed by atoms with Crippen LogP contribution in [0.1, 0.15) is 19.4 Å². The maximum absolute atomic E-state index is 12.8. The average molecular weight is 408 g/mol. The van der Waals surface area contributed by atoms with E-state index in [9.17, 15) is 14.4 Å². The second-order valence-corrected chi connectivity index (χ2v) is 8.20. The lowest BCUT2D eigenvalue weighted by molar-refractivity contribution is -0.548. The Hall–Kier alpha value is -2.19. The van der Waals surface area contributed by atoms with Crippen molar-refractivity contribution in [2.45, 2.75) is 31.7 Å². The number of nitrogens with zero attached hydrogens (tertiary/aromatic N) is 4. The standard InChI is InChI=1S/C18H20ClN4O3S/c1-10(24)11(2)27-17-20-15-14(16(25)22(4)18(26)21(15)3)23(17)9-12-7-5-6-8-13(12)19/h5-8,11,14H,9H2,1-4H3/q+1. The third kappa shape index (κ3) is 3.51. The number of amidine groups is 2. The first-order chi connectivity index (χ1) is 12.7. The van der Waals surface area contributed by atoms with Gasteiger partial charge in [0.05, 0.1) is 5.25 Å². The lowest BCUT2D eigenvalue weighted by atomic mass is 10.1. The number of Topliss-reactive ketones (excluding diaryl/α,β-unsaturated/α-hetero) is 1. The van der Waals surface area contributed by atoms with E-state index in [2.05, 4.69) is 4.99 Å². The van der Waals surface area contributed by atoms with Gasteiger partial charge in [-0.3, -0.25) is 19.4 Å². The van der Waals surface area contributed by atoms with Crippen molar-refractivity contribution < 1.29 is 19.0 Å². The van der Waals surface area contributed by atoms with Gasteiger partial charge in [0.25, 0.3) is 17.8 Å². The third-order valence-electron chi connectivity index (χ3n) is 4.65. The van der Waals surface area contributed by atoms with E-state index < -0.39 is 12.1 Å². The predicted molar refractivity (Wildman–Crippen MR) is 105 cm³/mol. The van der Waals surface area contributed by atoms with Crippen molar-refractivity contribution in [1.29, 1.82) is 0 Å². The smallest absolute Gasteiger partial charge is 0.299 e. The molecule has 7 nitrogen and oxygen atoms in total. The fourth-order valence-electron chi connectivity index (χ4n) is 2.88. The number of thioether (sulfide) groups is 1. The number of aliphatic imine (C=N–C) groups is 1. The Morgan fingerprint density at radius 1 is 1.30 bits per heavy atom. The molecular weight excluding hydrogens is 388 g/mol. The zero-order valence-corrected chi connectivity index (χ0v) is 17.0. The van der Waals surface area contributed by atoms with Crippen molar-refractivity contribution in [2.75, 3.05) is 14.1 Å². The highest BCUT2D eigenvalue weighted by molar-refractivity contribution is 8.14. The van der Waals surface area contributed by atoms with Gasteiger partial charge in [0.15, 0.2) is 0 Å². The summed E-state index contributed by atoms with van der Waals surface area (Å²) >= 11 is 7.58. The van der Waals surface area contributed by atoms with Gasteiger partial charge < -0.3 is 0 Å². The van der Waals surface area contributed by atoms with Crippen LogP contribution in [-0.4, -0.2) is 68.5 Å². The van der Waals surface area contributed by atoms with Crippen LogP contribution in [-0.2, 0) is 16.1 Å². The monoisotopic (exact) mass is 407 g/mol. The van der Waals surface area contributed by atoms with Crippen LogP contribution in [0.4, 0.5) is 4.79 Å². The number of carbonyl (C=O) groups excluding carboxylic acids is 3. The number of halogens is 1. The molecule has 9 heteroatoms. The SMILES string of the molecule is CC(=O)C(C)SC1=[N+](Cc2ccccc2Cl)C2C(=O)N(C)C(=O)N(C)C2=N1. The summed E-state index contributed by atoms with van der Waals surface area (Å²) in [6, 6.07) is 6.21. The molecule has 3 rings (SSSR count). The molecule has 0 radical (unpaired) electrons. The van der Waals surface area contributed by atoms with Crippen LogP contribution in [0.15, 0.2) is 29.3 Å². The second kappa shape index (κ2) is 7.44. The van der Waals surface area contributed by atoms with E-state index in [-0.39, 0.29) is 16.9 Å². The first-order valence-corrected chi connectivity index (χ1v) is 9.66. The van der Waals surface area contributed by atoms with E-state index in [0.29, 0.717) is 22.6 Å². The molecule has 2 aliphatic rings. The van der Waals surface area contributed by atoms with Crippen LogP contribution in [0.25, 0.3) is 0 Å². The molecule has 1 fully saturated rings. The highest BCUT2D eigenvalue weighted by Gasteiger charge is 2.53. The molecule has 0 saturated carbocycles. The molecule has 2 aliphatic heterocycles. The Balaban J connectivity index is 2.06. The van der Waals surface area contributed by atoms with Crippen LogP contribution in [0.3, 0.4) is 0 Å². The average Bonchev–Trinajstić information content (AvgIpc) is 2.98. The van der Waals surface area contributed by atoms with E-state index in [0.717, 1.165) is 10.5 Å². The lowest BCUT2D eigenvalue weighted by Gasteiger charge is -2.30. The number of carbonyl (C=O) groups is 3. The van der Waals surface area contributed by atoms with Gasteiger partial charge in [0.1, 0.15) is 12.3 Å². The Morgan fingerprint density at radius 3 is 2.59 bits per heavy atom. The van der Waals surface area contributed by atoms with Gasteiger partial charge in [-0.15, -0.1) is 0 Å². The minimum absolute atomic E-state index is 0.00754. The predicted octanol–water partition coefficient (Wildman–Crippen LogP) is 2.22. The van der Waals surface area contributed by atoms with E-state index in [1.165, 1.54) is 30.6 Å². The summed E-state index contributed by atoms with van der Waals surface area (Å²) in [4.78, 5) is 43.9. The zero-order chi connectivity index (χ0) is 19.9. The molecule has 1 aromatic rings. The second-order valence-electron chi connectivity index (χ2n) is 6.48. The molecule has 2 atom stereocenters. The maximum Gasteiger partial charge on any atom is 0.358 e. The van der Waals surface area contributed by atoms with Crippen LogP contribution in [0, 0.1) is 0 Å². The molecule has 2 heterocycles. The minimum atomic E-state index is -0.726. The number of hydrogen-bond donors (Lipinski definition) is 0. The van der Waals surface area contributed by atoms with Crippen LogP contribution in [0.2, 0.25) is 5.02 Å². The first kappa shape index (κ1) is 19.6. The van der Waals surface area contributed by atoms with Gasteiger partial charge in [-0.2, -0.15) is 0 Å². The van der Waals surface area contributed by atoms with Gasteiger partial charge in [-0.25, -0.2) is 9.37 Å². The number of urea groups is 1. The number of amides is 3. The van der Waals surface area contributed by atoms with Gasteiger partial charge in [-0.05, 0) is 36.7 Å². The Kier molecular flexibility index (Phi) is 5.39. The Morgan fingerprint density at radius 2 is 1.96 bits per heavy atom. The molecule has 1 aromatic carbocycles. The number of benzene rings is 1. The molecule has 0 aliphatic carbocycles. The summed E-state index contributed by atoms with van der Waals surface area (Å²) in [5.41, 5.74) is 0.833. The van der Waals surface area contributed by atoms with E-state index in [4.69, 9.17) is 11.6 Å². The highest BCUT2D eigenvalue weighted by Crippen LogP contribution is 2.27. The fraction of sp³-hybridized carbons (Fsp3) is 0.389. The molecule has 142 valence electrons. The van der Waals surface area contributed by atoms with Gasteiger partial charge >= 0.3 is 11.2 Å².